The van der Waals surface area contributed by atoms with Crippen molar-refractivity contribution < 1.29 is 9.53 Å². The molecule has 4 rings (SSSR count). The molecular formula is C18H24ClN5O3. The van der Waals surface area contributed by atoms with E-state index in [0.717, 1.165) is 17.0 Å². The van der Waals surface area contributed by atoms with Gasteiger partial charge in [0.2, 0.25) is 5.82 Å². The standard InChI is InChI=1S/C18H23N5O3.ClH/c1-21-8-12-9-23(17(24)16-19-18(25)22(2)20-16)10-14(12)15(21)11-4-6-13(26-3)7-5-11;/h4-7,12,14-15H,8-10H2,1-3H3,(H,19,20,25);1H/t12-,14+,15-;/m0./s1. The predicted molar refractivity (Wildman–Crippen MR) is 102 cm³/mol. The molecule has 2 saturated heterocycles. The van der Waals surface area contributed by atoms with Crippen molar-refractivity contribution in [2.24, 2.45) is 18.9 Å². The van der Waals surface area contributed by atoms with Crippen LogP contribution >= 0.6 is 12.4 Å². The molecule has 2 aliphatic rings. The Morgan fingerprint density at radius 2 is 1.89 bits per heavy atom. The van der Waals surface area contributed by atoms with Crippen LogP contribution in [-0.2, 0) is 7.05 Å². The molecule has 3 atom stereocenters. The first-order chi connectivity index (χ1) is 12.5. The number of rotatable bonds is 3. The summed E-state index contributed by atoms with van der Waals surface area (Å²) in [5.74, 6) is 1.55. The fourth-order valence-corrected chi connectivity index (χ4v) is 4.37. The fraction of sp³-hybridized carbons (Fsp3) is 0.500. The van der Waals surface area contributed by atoms with E-state index in [4.69, 9.17) is 4.74 Å². The van der Waals surface area contributed by atoms with Crippen LogP contribution in [-0.4, -0.2) is 64.3 Å². The van der Waals surface area contributed by atoms with Crippen LogP contribution in [0.3, 0.4) is 0 Å². The van der Waals surface area contributed by atoms with Crippen LogP contribution in [0.5, 0.6) is 5.75 Å². The largest absolute Gasteiger partial charge is 0.497 e. The van der Waals surface area contributed by atoms with Crippen LogP contribution < -0.4 is 10.4 Å². The van der Waals surface area contributed by atoms with Gasteiger partial charge >= 0.3 is 5.69 Å². The number of ether oxygens (including phenoxy) is 1. The molecule has 0 unspecified atom stereocenters. The zero-order chi connectivity index (χ0) is 18.4. The number of methoxy groups -OCH3 is 1. The van der Waals surface area contributed by atoms with Crippen molar-refractivity contribution >= 4 is 18.3 Å². The number of carbonyl (C=O) groups is 1. The summed E-state index contributed by atoms with van der Waals surface area (Å²) in [6.07, 6.45) is 0. The maximum atomic E-state index is 12.7. The summed E-state index contributed by atoms with van der Waals surface area (Å²) in [5.41, 5.74) is 0.866. The molecule has 0 bridgehead atoms. The number of likely N-dealkylation sites (tertiary alicyclic amines) is 2. The lowest BCUT2D eigenvalue weighted by molar-refractivity contribution is 0.0755. The van der Waals surface area contributed by atoms with Crippen molar-refractivity contribution in [3.63, 3.8) is 0 Å². The summed E-state index contributed by atoms with van der Waals surface area (Å²) in [6.45, 7) is 2.31. The first-order valence-electron chi connectivity index (χ1n) is 8.74. The number of H-pyrrole nitrogens is 1. The minimum Gasteiger partial charge on any atom is -0.497 e. The number of hydrogen-bond acceptors (Lipinski definition) is 5. The number of aromatic amines is 1. The number of halogens is 1. The molecule has 1 N–H and O–H groups in total. The minimum atomic E-state index is -0.372. The molecule has 2 fully saturated rings. The van der Waals surface area contributed by atoms with Crippen molar-refractivity contribution in [1.29, 1.82) is 0 Å². The maximum absolute atomic E-state index is 12.7. The number of nitrogens with zero attached hydrogens (tertiary/aromatic N) is 4. The molecule has 0 radical (unpaired) electrons. The Bertz CT molecular complexity index is 878. The van der Waals surface area contributed by atoms with Gasteiger partial charge in [0.15, 0.2) is 0 Å². The molecule has 3 heterocycles. The molecule has 2 aliphatic heterocycles. The molecular weight excluding hydrogens is 370 g/mol. The quantitative estimate of drug-likeness (QED) is 0.838. The number of aryl methyl sites for hydroxylation is 1. The molecule has 146 valence electrons. The van der Waals surface area contributed by atoms with Gasteiger partial charge in [-0.25, -0.2) is 9.48 Å². The van der Waals surface area contributed by atoms with E-state index in [1.54, 1.807) is 7.11 Å². The highest BCUT2D eigenvalue weighted by Gasteiger charge is 2.47. The van der Waals surface area contributed by atoms with E-state index in [1.807, 2.05) is 17.0 Å². The Morgan fingerprint density at radius 3 is 2.48 bits per heavy atom. The summed E-state index contributed by atoms with van der Waals surface area (Å²) in [7, 11) is 5.33. The Balaban J connectivity index is 0.00000210. The molecule has 0 aliphatic carbocycles. The fourth-order valence-electron chi connectivity index (χ4n) is 4.37. The second-order valence-corrected chi connectivity index (χ2v) is 7.19. The van der Waals surface area contributed by atoms with Crippen LogP contribution in [0.2, 0.25) is 0 Å². The average Bonchev–Trinajstić information content (AvgIpc) is 3.27. The van der Waals surface area contributed by atoms with Crippen LogP contribution in [0.25, 0.3) is 0 Å². The van der Waals surface area contributed by atoms with E-state index < -0.39 is 0 Å². The number of fused-ring (bicyclic) bond motifs is 1. The van der Waals surface area contributed by atoms with E-state index in [2.05, 4.69) is 34.2 Å². The average molecular weight is 394 g/mol. The molecule has 1 aromatic carbocycles. The molecule has 8 nitrogen and oxygen atoms in total. The van der Waals surface area contributed by atoms with Gasteiger partial charge in [0.1, 0.15) is 5.75 Å². The molecule has 9 heteroatoms. The zero-order valence-electron chi connectivity index (χ0n) is 15.6. The van der Waals surface area contributed by atoms with E-state index in [1.165, 1.54) is 12.6 Å². The van der Waals surface area contributed by atoms with Crippen molar-refractivity contribution in [2.75, 3.05) is 33.8 Å². The van der Waals surface area contributed by atoms with Gasteiger partial charge in [0, 0.05) is 38.6 Å². The second kappa shape index (κ2) is 7.36. The van der Waals surface area contributed by atoms with Crippen LogP contribution in [0.1, 0.15) is 22.2 Å². The molecule has 27 heavy (non-hydrogen) atoms. The van der Waals surface area contributed by atoms with Crippen molar-refractivity contribution in [2.45, 2.75) is 6.04 Å². The lowest BCUT2D eigenvalue weighted by atomic mass is 9.89. The van der Waals surface area contributed by atoms with Gasteiger partial charge in [0.05, 0.1) is 7.11 Å². The summed E-state index contributed by atoms with van der Waals surface area (Å²) in [5, 5.41) is 3.99. The number of aromatic nitrogens is 3. The predicted octanol–water partition coefficient (Wildman–Crippen LogP) is 0.914. The van der Waals surface area contributed by atoms with Crippen LogP contribution in [0.4, 0.5) is 0 Å². The van der Waals surface area contributed by atoms with Gasteiger partial charge in [-0.1, -0.05) is 12.1 Å². The van der Waals surface area contributed by atoms with Crippen LogP contribution in [0.15, 0.2) is 29.1 Å². The first-order valence-corrected chi connectivity index (χ1v) is 8.74. The lowest BCUT2D eigenvalue weighted by Gasteiger charge is -2.26. The first kappa shape index (κ1) is 19.4. The Labute approximate surface area is 163 Å². The second-order valence-electron chi connectivity index (χ2n) is 7.19. The number of carbonyl (C=O) groups excluding carboxylic acids is 1. The third kappa shape index (κ3) is 3.35. The molecule has 0 saturated carbocycles. The highest BCUT2D eigenvalue weighted by Crippen LogP contribution is 2.44. The van der Waals surface area contributed by atoms with Gasteiger partial charge in [0.25, 0.3) is 5.91 Å². The SMILES string of the molecule is COc1ccc([C@H]2[C@@H]3CN(C(=O)c4nn(C)c(=O)[nH]4)C[C@@H]3CN2C)cc1.Cl. The minimum absolute atomic E-state index is 0. The number of amides is 1. The highest BCUT2D eigenvalue weighted by molar-refractivity contribution is 5.90. The maximum Gasteiger partial charge on any atom is 0.343 e. The molecule has 0 spiro atoms. The van der Waals surface area contributed by atoms with E-state index in [-0.39, 0.29) is 35.9 Å². The van der Waals surface area contributed by atoms with E-state index >= 15 is 0 Å². The summed E-state index contributed by atoms with van der Waals surface area (Å²) in [4.78, 5) is 31.0. The van der Waals surface area contributed by atoms with Crippen molar-refractivity contribution in [3.8, 4) is 5.75 Å². The Morgan fingerprint density at radius 1 is 1.19 bits per heavy atom. The number of nitrogens with one attached hydrogen (secondary N) is 1. The normalized spacial score (nSPS) is 24.6. The van der Waals surface area contributed by atoms with Crippen molar-refractivity contribution in [1.82, 2.24) is 24.6 Å². The molecule has 1 aromatic heterocycles. The third-order valence-corrected chi connectivity index (χ3v) is 5.61. The van der Waals surface area contributed by atoms with Gasteiger partial charge in [-0.05, 0) is 30.7 Å². The van der Waals surface area contributed by atoms with Gasteiger partial charge in [-0.15, -0.1) is 17.5 Å². The smallest absolute Gasteiger partial charge is 0.343 e. The summed E-state index contributed by atoms with van der Waals surface area (Å²) >= 11 is 0. The zero-order valence-corrected chi connectivity index (χ0v) is 16.4. The summed E-state index contributed by atoms with van der Waals surface area (Å²) < 4.78 is 6.40. The van der Waals surface area contributed by atoms with Gasteiger partial charge < -0.3 is 9.64 Å². The lowest BCUT2D eigenvalue weighted by Crippen LogP contribution is -2.34. The number of benzene rings is 1. The van der Waals surface area contributed by atoms with Crippen molar-refractivity contribution in [3.05, 3.63) is 46.1 Å². The Kier molecular flexibility index (Phi) is 5.30. The summed E-state index contributed by atoms with van der Waals surface area (Å²) in [6, 6.07) is 8.43. The highest BCUT2D eigenvalue weighted by atomic mass is 35.5. The Hall–Kier alpha value is -2.32. The number of hydrogen-bond donors (Lipinski definition) is 1. The van der Waals surface area contributed by atoms with Gasteiger partial charge in [-0.2, -0.15) is 0 Å². The third-order valence-electron chi connectivity index (χ3n) is 5.61. The molecule has 2 aromatic rings. The van der Waals surface area contributed by atoms with E-state index in [9.17, 15) is 9.59 Å². The van der Waals surface area contributed by atoms with E-state index in [0.29, 0.717) is 24.9 Å². The van der Waals surface area contributed by atoms with Gasteiger partial charge in [-0.3, -0.25) is 14.7 Å². The molecule has 1 amide bonds. The topological polar surface area (TPSA) is 83.5 Å². The van der Waals surface area contributed by atoms with Crippen LogP contribution in [0, 0.1) is 11.8 Å². The monoisotopic (exact) mass is 393 g/mol.